The van der Waals surface area contributed by atoms with Gasteiger partial charge in [-0.25, -0.2) is 10.2 Å². The van der Waals surface area contributed by atoms with Crippen LogP contribution in [0.5, 0.6) is 5.75 Å². The number of carbonyl (C=O) groups excluding carboxylic acids is 1. The Morgan fingerprint density at radius 1 is 1.25 bits per heavy atom. The van der Waals surface area contributed by atoms with Crippen molar-refractivity contribution in [2.24, 2.45) is 5.10 Å². The van der Waals surface area contributed by atoms with Crippen LogP contribution in [0, 0.1) is 14.1 Å². The van der Waals surface area contributed by atoms with Crippen molar-refractivity contribution in [2.75, 3.05) is 12.4 Å². The van der Waals surface area contributed by atoms with E-state index in [1.807, 2.05) is 37.3 Å². The fourth-order valence-electron chi connectivity index (χ4n) is 1.90. The average molecular weight is 614 g/mol. The molecule has 2 N–H and O–H groups in total. The van der Waals surface area contributed by atoms with Crippen molar-refractivity contribution in [3.05, 3.63) is 53.1 Å². The lowest BCUT2D eigenvalue weighted by Gasteiger charge is -2.07. The lowest BCUT2D eigenvalue weighted by molar-refractivity contribution is 0.252. The summed E-state index contributed by atoms with van der Waals surface area (Å²) in [6.07, 6.45) is 1.59. The third-order valence-corrected chi connectivity index (χ3v) is 5.51. The van der Waals surface area contributed by atoms with Crippen LogP contribution in [0.25, 0.3) is 0 Å². The number of hydrogen-bond donors (Lipinski definition) is 2. The van der Waals surface area contributed by atoms with Crippen LogP contribution in [-0.2, 0) is 0 Å². The first kappa shape index (κ1) is 19.4. The number of ether oxygens (including phenoxy) is 1. The molecule has 126 valence electrons. The number of rotatable bonds is 4. The Hall–Kier alpha value is -0.880. The summed E-state index contributed by atoms with van der Waals surface area (Å²) < 4.78 is 8.28. The molecule has 0 saturated heterocycles. The molecular weight excluding hydrogens is 600 g/mol. The summed E-state index contributed by atoms with van der Waals surface area (Å²) >= 11 is 7.83. The first-order chi connectivity index (χ1) is 11.4. The molecule has 0 saturated carbocycles. The minimum atomic E-state index is -0.397. The zero-order valence-corrected chi connectivity index (χ0v) is 18.8. The van der Waals surface area contributed by atoms with E-state index >= 15 is 0 Å². The van der Waals surface area contributed by atoms with Crippen molar-refractivity contribution >= 4 is 79.0 Å². The summed E-state index contributed by atoms with van der Waals surface area (Å²) in [5.41, 5.74) is 5.08. The van der Waals surface area contributed by atoms with E-state index in [4.69, 9.17) is 4.74 Å². The van der Waals surface area contributed by atoms with E-state index in [1.54, 1.807) is 13.3 Å². The molecule has 2 rings (SSSR count). The van der Waals surface area contributed by atoms with Crippen LogP contribution in [-0.4, -0.2) is 19.4 Å². The average Bonchev–Trinajstić information content (AvgIpc) is 2.51. The van der Waals surface area contributed by atoms with Gasteiger partial charge in [-0.05, 0) is 93.6 Å². The predicted molar refractivity (Wildman–Crippen MR) is 117 cm³/mol. The molecule has 5 nitrogen and oxygen atoms in total. The van der Waals surface area contributed by atoms with Crippen molar-refractivity contribution in [1.82, 2.24) is 5.43 Å². The molecule has 0 aliphatic carbocycles. The molecule has 0 fully saturated rings. The second-order valence-corrected chi connectivity index (χ2v) is 7.98. The number of carbonyl (C=O) groups is 1. The highest BCUT2D eigenvalue weighted by Crippen LogP contribution is 2.28. The van der Waals surface area contributed by atoms with Crippen LogP contribution in [0.4, 0.5) is 10.5 Å². The second-order valence-electron chi connectivity index (χ2n) is 4.81. The van der Waals surface area contributed by atoms with Crippen LogP contribution < -0.4 is 15.5 Å². The van der Waals surface area contributed by atoms with Crippen molar-refractivity contribution in [3.63, 3.8) is 0 Å². The zero-order chi connectivity index (χ0) is 17.7. The Kier molecular flexibility index (Phi) is 7.29. The van der Waals surface area contributed by atoms with Crippen molar-refractivity contribution < 1.29 is 9.53 Å². The molecule has 0 aromatic heterocycles. The molecule has 0 aliphatic heterocycles. The number of hydrogen-bond acceptors (Lipinski definition) is 3. The monoisotopic (exact) mass is 613 g/mol. The molecule has 0 unspecified atom stereocenters. The van der Waals surface area contributed by atoms with Gasteiger partial charge in [0.1, 0.15) is 5.75 Å². The van der Waals surface area contributed by atoms with E-state index in [1.165, 1.54) is 0 Å². The third kappa shape index (κ3) is 5.31. The topological polar surface area (TPSA) is 62.7 Å². The molecule has 2 aromatic rings. The largest absolute Gasteiger partial charge is 0.495 e. The molecule has 0 heterocycles. The molecule has 2 aromatic carbocycles. The first-order valence-corrected chi connectivity index (χ1v) is 9.75. The number of hydrazone groups is 1. The number of halogens is 3. The van der Waals surface area contributed by atoms with Crippen LogP contribution in [0.1, 0.15) is 11.1 Å². The molecule has 2 amide bonds. The summed E-state index contributed by atoms with van der Waals surface area (Å²) in [6.45, 7) is 1.96. The minimum absolute atomic E-state index is 0.397. The number of benzene rings is 2. The Bertz CT molecular complexity index is 774. The van der Waals surface area contributed by atoms with E-state index < -0.39 is 6.03 Å². The standard InChI is InChI=1S/C16H14BrI2N3O2/c1-9-5-11(3-4-12(9)17)21-16(23)22-20-8-10-6-13(18)15(24-2)14(19)7-10/h3-8H,1-2H3,(H2,21,22,23)/b20-8+. The van der Waals surface area contributed by atoms with Gasteiger partial charge in [0, 0.05) is 10.2 Å². The number of aryl methyl sites for hydroxylation is 1. The normalized spacial score (nSPS) is 10.7. The first-order valence-electron chi connectivity index (χ1n) is 6.80. The maximum Gasteiger partial charge on any atom is 0.339 e. The highest BCUT2D eigenvalue weighted by molar-refractivity contribution is 14.1. The summed E-state index contributed by atoms with van der Waals surface area (Å²) in [6, 6.07) is 9.04. The molecule has 0 bridgehead atoms. The van der Waals surface area contributed by atoms with Crippen molar-refractivity contribution in [1.29, 1.82) is 0 Å². The maximum absolute atomic E-state index is 11.9. The van der Waals surface area contributed by atoms with Gasteiger partial charge in [0.2, 0.25) is 0 Å². The number of urea groups is 1. The Morgan fingerprint density at radius 2 is 1.92 bits per heavy atom. The fourth-order valence-corrected chi connectivity index (χ4v) is 4.40. The van der Waals surface area contributed by atoms with Gasteiger partial charge in [0.15, 0.2) is 0 Å². The Labute approximate surface area is 176 Å². The quantitative estimate of drug-likeness (QED) is 0.285. The lowest BCUT2D eigenvalue weighted by atomic mass is 10.2. The van der Waals surface area contributed by atoms with Gasteiger partial charge in [-0.15, -0.1) is 0 Å². The summed E-state index contributed by atoms with van der Waals surface area (Å²) in [4.78, 5) is 11.9. The van der Waals surface area contributed by atoms with Gasteiger partial charge in [-0.3, -0.25) is 0 Å². The minimum Gasteiger partial charge on any atom is -0.495 e. The van der Waals surface area contributed by atoms with Gasteiger partial charge in [-0.2, -0.15) is 5.10 Å². The summed E-state index contributed by atoms with van der Waals surface area (Å²) in [5, 5.41) is 6.70. The summed E-state index contributed by atoms with van der Waals surface area (Å²) in [7, 11) is 1.64. The van der Waals surface area contributed by atoms with Gasteiger partial charge in [0.05, 0.1) is 20.5 Å². The van der Waals surface area contributed by atoms with E-state index in [-0.39, 0.29) is 0 Å². The number of nitrogens with zero attached hydrogens (tertiary/aromatic N) is 1. The molecular formula is C16H14BrI2N3O2. The van der Waals surface area contributed by atoms with Crippen LogP contribution in [0.15, 0.2) is 39.9 Å². The van der Waals surface area contributed by atoms with Crippen molar-refractivity contribution in [2.45, 2.75) is 6.92 Å². The maximum atomic E-state index is 11.9. The summed E-state index contributed by atoms with van der Waals surface area (Å²) in [5.74, 6) is 0.838. The predicted octanol–water partition coefficient (Wildman–Crippen LogP) is 5.13. The van der Waals surface area contributed by atoms with Gasteiger partial charge in [0.25, 0.3) is 0 Å². The molecule has 0 atom stereocenters. The number of methoxy groups -OCH3 is 1. The van der Waals surface area contributed by atoms with Gasteiger partial charge < -0.3 is 10.1 Å². The van der Waals surface area contributed by atoms with E-state index in [0.717, 1.165) is 28.5 Å². The molecule has 0 aliphatic rings. The van der Waals surface area contributed by atoms with Gasteiger partial charge >= 0.3 is 6.03 Å². The van der Waals surface area contributed by atoms with E-state index in [9.17, 15) is 4.79 Å². The fraction of sp³-hybridized carbons (Fsp3) is 0.125. The Balaban J connectivity index is 1.98. The van der Waals surface area contributed by atoms with E-state index in [2.05, 4.69) is 77.0 Å². The second kappa shape index (κ2) is 8.99. The van der Waals surface area contributed by atoms with Gasteiger partial charge in [-0.1, -0.05) is 15.9 Å². The molecule has 0 spiro atoms. The molecule has 0 radical (unpaired) electrons. The SMILES string of the molecule is COc1c(I)cc(/C=N/NC(=O)Nc2ccc(Br)c(C)c2)cc1I. The third-order valence-electron chi connectivity index (χ3n) is 3.02. The molecule has 8 heteroatoms. The van der Waals surface area contributed by atoms with Crippen LogP contribution >= 0.6 is 61.1 Å². The number of amides is 2. The van der Waals surface area contributed by atoms with Crippen LogP contribution in [0.3, 0.4) is 0 Å². The lowest BCUT2D eigenvalue weighted by Crippen LogP contribution is -2.24. The van der Waals surface area contributed by atoms with E-state index in [0.29, 0.717) is 5.69 Å². The van der Waals surface area contributed by atoms with Crippen LogP contribution in [0.2, 0.25) is 0 Å². The molecule has 24 heavy (non-hydrogen) atoms. The van der Waals surface area contributed by atoms with Crippen molar-refractivity contribution in [3.8, 4) is 5.75 Å². The number of nitrogens with one attached hydrogen (secondary N) is 2. The highest BCUT2D eigenvalue weighted by atomic mass is 127. The highest BCUT2D eigenvalue weighted by Gasteiger charge is 2.07. The smallest absolute Gasteiger partial charge is 0.339 e. The zero-order valence-electron chi connectivity index (χ0n) is 12.9. The number of anilines is 1. The Morgan fingerprint density at radius 3 is 2.50 bits per heavy atom.